The van der Waals surface area contributed by atoms with Gasteiger partial charge in [0.15, 0.2) is 0 Å². The van der Waals surface area contributed by atoms with E-state index in [9.17, 15) is 13.2 Å². The first-order valence-electron chi connectivity index (χ1n) is 12.1. The van der Waals surface area contributed by atoms with E-state index in [1.54, 1.807) is 37.7 Å². The van der Waals surface area contributed by atoms with Gasteiger partial charge in [-0.15, -0.1) is 11.3 Å². The highest BCUT2D eigenvalue weighted by molar-refractivity contribution is 7.91. The summed E-state index contributed by atoms with van der Waals surface area (Å²) in [5, 5.41) is 2.84. The zero-order chi connectivity index (χ0) is 27.0. The minimum Gasteiger partial charge on any atom is -0.496 e. The van der Waals surface area contributed by atoms with Crippen LogP contribution in [0.4, 0.5) is 0 Å². The highest BCUT2D eigenvalue weighted by Gasteiger charge is 2.28. The van der Waals surface area contributed by atoms with E-state index in [0.717, 1.165) is 38.5 Å². The smallest absolute Gasteiger partial charge is 0.253 e. The van der Waals surface area contributed by atoms with Gasteiger partial charge in [0.05, 0.1) is 13.7 Å². The van der Waals surface area contributed by atoms with Crippen LogP contribution in [-0.4, -0.2) is 43.8 Å². The number of benzene rings is 2. The second kappa shape index (κ2) is 12.8. The first-order chi connectivity index (χ1) is 18.4. The van der Waals surface area contributed by atoms with Crippen molar-refractivity contribution >= 4 is 27.3 Å². The summed E-state index contributed by atoms with van der Waals surface area (Å²) in [5.74, 6) is 0.283. The van der Waals surface area contributed by atoms with Crippen molar-refractivity contribution in [3.05, 3.63) is 102 Å². The fourth-order valence-corrected chi connectivity index (χ4v) is 6.75. The number of carbonyl (C=O) groups is 1. The monoisotopic (exact) mass is 550 g/mol. The summed E-state index contributed by atoms with van der Waals surface area (Å²) in [5.41, 5.74) is 9.23. The molecule has 0 saturated heterocycles. The van der Waals surface area contributed by atoms with E-state index >= 15 is 0 Å². The second-order valence-electron chi connectivity index (χ2n) is 8.56. The molecule has 10 heteroatoms. The van der Waals surface area contributed by atoms with Crippen molar-refractivity contribution in [2.24, 2.45) is 5.73 Å². The molecule has 4 rings (SSSR count). The number of para-hydroxylation sites is 1. The van der Waals surface area contributed by atoms with E-state index in [4.69, 9.17) is 10.5 Å². The van der Waals surface area contributed by atoms with E-state index in [1.165, 1.54) is 4.31 Å². The zero-order valence-corrected chi connectivity index (χ0v) is 22.7. The first-order valence-corrected chi connectivity index (χ1v) is 14.3. The Morgan fingerprint density at radius 1 is 1.03 bits per heavy atom. The fraction of sp³-hybridized carbons (Fsp3) is 0.214. The molecule has 0 radical (unpaired) electrons. The molecule has 8 nitrogen and oxygen atoms in total. The van der Waals surface area contributed by atoms with Crippen LogP contribution in [0.1, 0.15) is 16.7 Å². The van der Waals surface area contributed by atoms with Crippen molar-refractivity contribution in [2.45, 2.75) is 23.7 Å². The molecule has 0 aliphatic rings. The van der Waals surface area contributed by atoms with Crippen molar-refractivity contribution in [2.75, 3.05) is 20.2 Å². The lowest BCUT2D eigenvalue weighted by atomic mass is 10.1. The Kier molecular flexibility index (Phi) is 9.24. The average Bonchev–Trinajstić information content (AvgIpc) is 3.46. The van der Waals surface area contributed by atoms with Crippen LogP contribution < -0.4 is 15.8 Å². The predicted molar refractivity (Wildman–Crippen MR) is 149 cm³/mol. The third-order valence-electron chi connectivity index (χ3n) is 6.01. The summed E-state index contributed by atoms with van der Waals surface area (Å²) in [6, 6.07) is 22.1. The molecular weight excluding hydrogens is 520 g/mol. The van der Waals surface area contributed by atoms with Crippen molar-refractivity contribution < 1.29 is 17.9 Å². The molecule has 0 bridgehead atoms. The zero-order valence-electron chi connectivity index (χ0n) is 21.0. The van der Waals surface area contributed by atoms with Crippen LogP contribution in [0.2, 0.25) is 0 Å². The van der Waals surface area contributed by atoms with Crippen LogP contribution in [0.5, 0.6) is 5.75 Å². The number of thiophene rings is 1. The summed E-state index contributed by atoms with van der Waals surface area (Å²) in [6.45, 7) is 0.533. The lowest BCUT2D eigenvalue weighted by Crippen LogP contribution is -2.41. The van der Waals surface area contributed by atoms with Gasteiger partial charge in [0.2, 0.25) is 5.91 Å². The molecule has 0 aliphatic heterocycles. The number of aromatic nitrogens is 1. The number of nitrogens with one attached hydrogen (secondary N) is 1. The normalized spacial score (nSPS) is 11.4. The Bertz CT molecular complexity index is 1460. The molecule has 198 valence electrons. The lowest BCUT2D eigenvalue weighted by Gasteiger charge is -2.21. The summed E-state index contributed by atoms with van der Waals surface area (Å²) < 4.78 is 34.3. The van der Waals surface area contributed by atoms with Gasteiger partial charge in [-0.25, -0.2) is 8.42 Å². The quantitative estimate of drug-likeness (QED) is 0.277. The van der Waals surface area contributed by atoms with Crippen molar-refractivity contribution in [3.8, 4) is 16.2 Å². The molecule has 0 aliphatic carbocycles. The predicted octanol–water partition coefficient (Wildman–Crippen LogP) is 3.83. The maximum absolute atomic E-state index is 13.7. The number of hydrogen-bond acceptors (Lipinski definition) is 7. The van der Waals surface area contributed by atoms with Gasteiger partial charge in [0, 0.05) is 42.5 Å². The Morgan fingerprint density at radius 2 is 1.79 bits per heavy atom. The van der Waals surface area contributed by atoms with Gasteiger partial charge >= 0.3 is 0 Å². The van der Waals surface area contributed by atoms with Gasteiger partial charge in [-0.1, -0.05) is 48.5 Å². The van der Waals surface area contributed by atoms with E-state index in [1.807, 2.05) is 54.6 Å². The molecule has 0 fully saturated rings. The summed E-state index contributed by atoms with van der Waals surface area (Å²) in [6.07, 6.45) is 3.74. The van der Waals surface area contributed by atoms with Crippen LogP contribution in [0.3, 0.4) is 0 Å². The number of sulfonamides is 1. The number of nitrogens with zero attached hydrogens (tertiary/aromatic N) is 2. The molecule has 1 amide bonds. The minimum absolute atomic E-state index is 0.113. The van der Waals surface area contributed by atoms with Crippen LogP contribution in [0, 0.1) is 0 Å². The van der Waals surface area contributed by atoms with E-state index in [-0.39, 0.29) is 29.8 Å². The van der Waals surface area contributed by atoms with E-state index in [0.29, 0.717) is 18.7 Å². The van der Waals surface area contributed by atoms with Crippen LogP contribution in [-0.2, 0) is 34.3 Å². The maximum Gasteiger partial charge on any atom is 0.253 e. The molecule has 0 atom stereocenters. The molecule has 2 heterocycles. The minimum atomic E-state index is -3.95. The molecule has 2 aromatic heterocycles. The van der Waals surface area contributed by atoms with Gasteiger partial charge < -0.3 is 15.8 Å². The standard InChI is InChI=1S/C28H30N4O4S2/c1-36-25-7-3-2-5-23(25)14-16-32(20-27(33)31-18-22-10-8-21(17-29)9-11-22)38(34,35)28-13-12-26(37-28)24-6-4-15-30-19-24/h2-13,15,19H,14,16-18,20,29H2,1H3,(H,31,33). The number of amides is 1. The van der Waals surface area contributed by atoms with Crippen molar-refractivity contribution in [3.63, 3.8) is 0 Å². The fourth-order valence-electron chi connectivity index (χ4n) is 3.90. The molecule has 2 aromatic carbocycles. The number of ether oxygens (including phenoxy) is 1. The molecule has 0 unspecified atom stereocenters. The Balaban J connectivity index is 1.53. The Morgan fingerprint density at radius 3 is 2.50 bits per heavy atom. The maximum atomic E-state index is 13.7. The van der Waals surface area contributed by atoms with E-state index in [2.05, 4.69) is 10.3 Å². The van der Waals surface area contributed by atoms with E-state index < -0.39 is 10.0 Å². The number of pyridine rings is 1. The Hall–Kier alpha value is -3.57. The van der Waals surface area contributed by atoms with Crippen molar-refractivity contribution in [1.82, 2.24) is 14.6 Å². The Labute approximate surface area is 227 Å². The van der Waals surface area contributed by atoms with Gasteiger partial charge in [-0.05, 0) is 47.4 Å². The van der Waals surface area contributed by atoms with Gasteiger partial charge in [0.25, 0.3) is 10.0 Å². The number of methoxy groups -OCH3 is 1. The van der Waals surface area contributed by atoms with Gasteiger partial charge in [-0.2, -0.15) is 4.31 Å². The number of hydrogen-bond donors (Lipinski definition) is 2. The highest BCUT2D eigenvalue weighted by Crippen LogP contribution is 2.32. The second-order valence-corrected chi connectivity index (χ2v) is 11.8. The third kappa shape index (κ3) is 6.84. The summed E-state index contributed by atoms with van der Waals surface area (Å²) >= 11 is 1.16. The third-order valence-corrected chi connectivity index (χ3v) is 9.46. The van der Waals surface area contributed by atoms with Crippen LogP contribution in [0.25, 0.3) is 10.4 Å². The van der Waals surface area contributed by atoms with Gasteiger partial charge in [-0.3, -0.25) is 9.78 Å². The SMILES string of the molecule is COc1ccccc1CCN(CC(=O)NCc1ccc(CN)cc1)S(=O)(=O)c1ccc(-c2cccnc2)s1. The molecule has 38 heavy (non-hydrogen) atoms. The van der Waals surface area contributed by atoms with Crippen molar-refractivity contribution in [1.29, 1.82) is 0 Å². The topological polar surface area (TPSA) is 115 Å². The molecule has 0 spiro atoms. The average molecular weight is 551 g/mol. The highest BCUT2D eigenvalue weighted by atomic mass is 32.2. The number of carbonyl (C=O) groups excluding carboxylic acids is 1. The van der Waals surface area contributed by atoms with Crippen LogP contribution >= 0.6 is 11.3 Å². The number of nitrogens with two attached hydrogens (primary N) is 1. The largest absolute Gasteiger partial charge is 0.496 e. The summed E-state index contributed by atoms with van der Waals surface area (Å²) in [7, 11) is -2.37. The summed E-state index contributed by atoms with van der Waals surface area (Å²) in [4.78, 5) is 17.8. The van der Waals surface area contributed by atoms with Crippen LogP contribution in [0.15, 0.2) is 89.4 Å². The van der Waals surface area contributed by atoms with Gasteiger partial charge in [0.1, 0.15) is 9.96 Å². The molecule has 0 saturated carbocycles. The molecular formula is C28H30N4O4S2. The number of rotatable bonds is 12. The lowest BCUT2D eigenvalue weighted by molar-refractivity contribution is -0.121. The molecule has 4 aromatic rings. The first kappa shape index (κ1) is 27.5. The molecule has 3 N–H and O–H groups in total.